The predicted octanol–water partition coefficient (Wildman–Crippen LogP) is 7.41. The Morgan fingerprint density at radius 1 is 0.840 bits per heavy atom. The van der Waals surface area contributed by atoms with E-state index in [2.05, 4.69) is 34.9 Å². The van der Waals surface area contributed by atoms with E-state index in [1.54, 1.807) is 35.2 Å². The van der Waals surface area contributed by atoms with Gasteiger partial charge in [-0.15, -0.1) is 0 Å². The Morgan fingerprint density at radius 3 is 2.48 bits per heavy atom. The Kier molecular flexibility index (Phi) is 9.48. The minimum Gasteiger partial charge on any atom is -0.355 e. The van der Waals surface area contributed by atoms with Gasteiger partial charge in [0.15, 0.2) is 0 Å². The van der Waals surface area contributed by atoms with E-state index in [0.717, 1.165) is 23.1 Å². The number of benzene rings is 5. The van der Waals surface area contributed by atoms with Crippen LogP contribution >= 0.6 is 11.6 Å². The first kappa shape index (κ1) is 33.2. The molecular formula is C41H35ClFN3O4. The van der Waals surface area contributed by atoms with Gasteiger partial charge in [-0.2, -0.15) is 0 Å². The number of nitrogens with zero attached hydrogens (tertiary/aromatic N) is 1. The summed E-state index contributed by atoms with van der Waals surface area (Å²) in [5.74, 6) is -1.42. The molecule has 7 nitrogen and oxygen atoms in total. The fourth-order valence-corrected chi connectivity index (χ4v) is 6.95. The summed E-state index contributed by atoms with van der Waals surface area (Å²) in [5, 5.41) is 6.05. The molecule has 0 aromatic heterocycles. The fourth-order valence-electron chi connectivity index (χ4n) is 6.77. The van der Waals surface area contributed by atoms with E-state index in [4.69, 9.17) is 16.3 Å². The van der Waals surface area contributed by atoms with Crippen molar-refractivity contribution in [1.82, 2.24) is 10.6 Å². The van der Waals surface area contributed by atoms with Crippen LogP contribution in [0.25, 0.3) is 11.1 Å². The molecule has 5 aromatic rings. The highest BCUT2D eigenvalue weighted by molar-refractivity contribution is 6.30. The standard InChI is InChI=1S/C41H35ClFN3O4/c1-25(47)44-22-26-7-6-10-29(17-26)40-35-20-32(42)14-16-37(35)46(24-27-13-15-34-31(18-27)19-28-8-2-4-11-33(28)34)41(49)38(50-40)21-39(48)45-23-30-9-3-5-12-36(30)43/h2-18,20,38,40H,19,21-24H2,1H3,(H,44,47)(H,45,48). The molecule has 7 rings (SSSR count). The Morgan fingerprint density at radius 2 is 1.64 bits per heavy atom. The second-order valence-electron chi connectivity index (χ2n) is 12.7. The number of halogens is 2. The number of rotatable bonds is 9. The lowest BCUT2D eigenvalue weighted by atomic mass is 9.97. The summed E-state index contributed by atoms with van der Waals surface area (Å²) < 4.78 is 20.9. The molecule has 50 heavy (non-hydrogen) atoms. The van der Waals surface area contributed by atoms with Crippen LogP contribution in [-0.4, -0.2) is 23.8 Å². The molecule has 0 saturated heterocycles. The largest absolute Gasteiger partial charge is 0.355 e. The van der Waals surface area contributed by atoms with Crippen molar-refractivity contribution >= 4 is 35.0 Å². The summed E-state index contributed by atoms with van der Waals surface area (Å²) in [6.07, 6.45) is -1.42. The molecule has 2 unspecified atom stereocenters. The maximum Gasteiger partial charge on any atom is 0.257 e. The van der Waals surface area contributed by atoms with Gasteiger partial charge >= 0.3 is 0 Å². The van der Waals surface area contributed by atoms with E-state index < -0.39 is 23.9 Å². The van der Waals surface area contributed by atoms with Crippen LogP contribution < -0.4 is 15.5 Å². The first-order valence-electron chi connectivity index (χ1n) is 16.5. The molecule has 9 heteroatoms. The number of anilines is 1. The van der Waals surface area contributed by atoms with Gasteiger partial charge in [0.2, 0.25) is 11.8 Å². The van der Waals surface area contributed by atoms with E-state index in [-0.39, 0.29) is 31.3 Å². The molecule has 3 amide bonds. The normalized spacial score (nSPS) is 16.2. The quantitative estimate of drug-likeness (QED) is 0.166. The summed E-state index contributed by atoms with van der Waals surface area (Å²) >= 11 is 6.58. The number of fused-ring (bicyclic) bond motifs is 4. The molecule has 0 fully saturated rings. The molecule has 0 saturated carbocycles. The third kappa shape index (κ3) is 7.04. The average molecular weight is 688 g/mol. The van der Waals surface area contributed by atoms with Crippen molar-refractivity contribution in [3.05, 3.63) is 159 Å². The highest BCUT2D eigenvalue weighted by Crippen LogP contribution is 2.42. The van der Waals surface area contributed by atoms with Gasteiger partial charge in [-0.05, 0) is 69.6 Å². The monoisotopic (exact) mass is 687 g/mol. The van der Waals surface area contributed by atoms with Crippen LogP contribution in [0.3, 0.4) is 0 Å². The molecule has 1 heterocycles. The minimum absolute atomic E-state index is 0.0297. The van der Waals surface area contributed by atoms with Gasteiger partial charge in [0.25, 0.3) is 5.91 Å². The van der Waals surface area contributed by atoms with Gasteiger partial charge in [-0.1, -0.05) is 96.5 Å². The molecule has 2 aliphatic rings. The van der Waals surface area contributed by atoms with Crippen LogP contribution in [0.5, 0.6) is 0 Å². The van der Waals surface area contributed by atoms with E-state index in [1.807, 2.05) is 48.5 Å². The van der Waals surface area contributed by atoms with Crippen molar-refractivity contribution in [3.63, 3.8) is 0 Å². The molecule has 252 valence electrons. The van der Waals surface area contributed by atoms with Gasteiger partial charge in [0.1, 0.15) is 18.0 Å². The summed E-state index contributed by atoms with van der Waals surface area (Å²) in [5.41, 5.74) is 9.01. The zero-order valence-electron chi connectivity index (χ0n) is 27.4. The molecule has 1 aliphatic carbocycles. The van der Waals surface area contributed by atoms with Gasteiger partial charge in [-0.25, -0.2) is 4.39 Å². The van der Waals surface area contributed by atoms with E-state index in [0.29, 0.717) is 28.4 Å². The first-order chi connectivity index (χ1) is 24.2. The van der Waals surface area contributed by atoms with Crippen LogP contribution in [0, 0.1) is 5.82 Å². The van der Waals surface area contributed by atoms with Gasteiger partial charge in [0.05, 0.1) is 18.7 Å². The molecule has 2 atom stereocenters. The maximum atomic E-state index is 14.6. The summed E-state index contributed by atoms with van der Waals surface area (Å²) in [6.45, 7) is 1.98. The molecule has 2 N–H and O–H groups in total. The molecule has 0 bridgehead atoms. The number of hydrogen-bond acceptors (Lipinski definition) is 4. The lowest BCUT2D eigenvalue weighted by Crippen LogP contribution is -2.41. The zero-order valence-corrected chi connectivity index (χ0v) is 28.2. The minimum atomic E-state index is -1.18. The van der Waals surface area contributed by atoms with Crippen LogP contribution in [0.2, 0.25) is 5.02 Å². The van der Waals surface area contributed by atoms with Crippen molar-refractivity contribution in [1.29, 1.82) is 0 Å². The fraction of sp³-hybridized carbons (Fsp3) is 0.195. The van der Waals surface area contributed by atoms with E-state index >= 15 is 0 Å². The number of nitrogens with one attached hydrogen (secondary N) is 2. The third-order valence-corrected chi connectivity index (χ3v) is 9.44. The Balaban J connectivity index is 1.24. The Labute approximate surface area is 295 Å². The summed E-state index contributed by atoms with van der Waals surface area (Å²) in [7, 11) is 0. The zero-order chi connectivity index (χ0) is 34.8. The predicted molar refractivity (Wildman–Crippen MR) is 191 cm³/mol. The molecule has 5 aromatic carbocycles. The molecule has 1 aliphatic heterocycles. The van der Waals surface area contributed by atoms with E-state index in [9.17, 15) is 18.8 Å². The Bertz CT molecular complexity index is 2120. The topological polar surface area (TPSA) is 87.7 Å². The lowest BCUT2D eigenvalue weighted by Gasteiger charge is -2.25. The summed E-state index contributed by atoms with van der Waals surface area (Å²) in [6, 6.07) is 33.8. The number of amides is 3. The lowest BCUT2D eigenvalue weighted by molar-refractivity contribution is -0.138. The van der Waals surface area contributed by atoms with Crippen molar-refractivity contribution in [3.8, 4) is 11.1 Å². The third-order valence-electron chi connectivity index (χ3n) is 9.20. The van der Waals surface area contributed by atoms with Crippen molar-refractivity contribution in [2.24, 2.45) is 0 Å². The van der Waals surface area contributed by atoms with Gasteiger partial charge in [-0.3, -0.25) is 14.4 Å². The van der Waals surface area contributed by atoms with Gasteiger partial charge in [0, 0.05) is 36.2 Å². The maximum absolute atomic E-state index is 14.6. The average Bonchev–Trinajstić information content (AvgIpc) is 3.44. The highest BCUT2D eigenvalue weighted by atomic mass is 35.5. The second-order valence-corrected chi connectivity index (χ2v) is 13.1. The molecule has 0 spiro atoms. The van der Waals surface area contributed by atoms with Crippen LogP contribution in [0.4, 0.5) is 10.1 Å². The highest BCUT2D eigenvalue weighted by Gasteiger charge is 2.38. The van der Waals surface area contributed by atoms with E-state index in [1.165, 1.54) is 35.2 Å². The van der Waals surface area contributed by atoms with Crippen LogP contribution in [0.1, 0.15) is 58.4 Å². The van der Waals surface area contributed by atoms with Crippen molar-refractivity contribution in [2.75, 3.05) is 4.90 Å². The van der Waals surface area contributed by atoms with Crippen LogP contribution in [-0.2, 0) is 45.2 Å². The number of ether oxygens (including phenoxy) is 1. The second kappa shape index (κ2) is 14.3. The summed E-state index contributed by atoms with van der Waals surface area (Å²) in [4.78, 5) is 41.3. The number of carbonyl (C=O) groups is 3. The molecule has 0 radical (unpaired) electrons. The number of carbonyl (C=O) groups excluding carboxylic acids is 3. The molecular weight excluding hydrogens is 653 g/mol. The smallest absolute Gasteiger partial charge is 0.257 e. The first-order valence-corrected chi connectivity index (χ1v) is 16.9. The van der Waals surface area contributed by atoms with Crippen molar-refractivity contribution < 1.29 is 23.5 Å². The van der Waals surface area contributed by atoms with Gasteiger partial charge < -0.3 is 20.3 Å². The number of hydrogen-bond donors (Lipinski definition) is 2. The Hall–Kier alpha value is -5.31. The van der Waals surface area contributed by atoms with Crippen molar-refractivity contribution in [2.45, 2.75) is 51.6 Å². The SMILES string of the molecule is CC(=O)NCc1cccc(C2OC(CC(=O)NCc3ccccc3F)C(=O)N(Cc3ccc4c(c3)Cc3ccccc3-4)c3ccc(Cl)cc32)c1. The van der Waals surface area contributed by atoms with Crippen LogP contribution in [0.15, 0.2) is 109 Å².